The molecule has 0 bridgehead atoms. The minimum atomic E-state index is -3.02. The third-order valence-electron chi connectivity index (χ3n) is 3.59. The van der Waals surface area contributed by atoms with Crippen LogP contribution in [0.15, 0.2) is 0 Å². The Morgan fingerprint density at radius 2 is 2.00 bits per heavy atom. The molecule has 3 unspecified atom stereocenters. The lowest BCUT2D eigenvalue weighted by Crippen LogP contribution is -2.30. The number of sulfonamides is 1. The summed E-state index contributed by atoms with van der Waals surface area (Å²) < 4.78 is 25.2. The summed E-state index contributed by atoms with van der Waals surface area (Å²) in [7, 11) is -1.08. The topological polar surface area (TPSA) is 58.2 Å². The molecule has 15 heavy (non-hydrogen) atoms. The molecule has 0 heterocycles. The van der Waals surface area contributed by atoms with Gasteiger partial charge in [-0.25, -0.2) is 13.1 Å². The van der Waals surface area contributed by atoms with Crippen molar-refractivity contribution in [3.63, 3.8) is 0 Å². The maximum atomic E-state index is 11.3. The summed E-state index contributed by atoms with van der Waals surface area (Å²) in [6.45, 7) is 6.58. The van der Waals surface area contributed by atoms with Crippen LogP contribution in [0.4, 0.5) is 0 Å². The van der Waals surface area contributed by atoms with E-state index >= 15 is 0 Å². The fourth-order valence-corrected chi connectivity index (χ4v) is 2.90. The molecule has 1 saturated carbocycles. The monoisotopic (exact) mass is 234 g/mol. The lowest BCUT2D eigenvalue weighted by atomic mass is 10.2. The molecule has 90 valence electrons. The lowest BCUT2D eigenvalue weighted by molar-refractivity contribution is 0.497. The van der Waals surface area contributed by atoms with Crippen LogP contribution >= 0.6 is 0 Å². The zero-order valence-electron chi connectivity index (χ0n) is 9.95. The predicted molar refractivity (Wildman–Crippen MR) is 62.1 cm³/mol. The van der Waals surface area contributed by atoms with Crippen molar-refractivity contribution in [2.75, 3.05) is 19.3 Å². The SMILES string of the molecule is CCS(=O)(=O)NCC1C(C)[C@@H]1C(C)NC. The first-order valence-electron chi connectivity index (χ1n) is 5.57. The number of rotatable bonds is 6. The number of hydrogen-bond donors (Lipinski definition) is 2. The van der Waals surface area contributed by atoms with Gasteiger partial charge >= 0.3 is 0 Å². The molecule has 0 saturated heterocycles. The van der Waals surface area contributed by atoms with Gasteiger partial charge in [-0.05, 0) is 38.6 Å². The van der Waals surface area contributed by atoms with Crippen molar-refractivity contribution in [1.29, 1.82) is 0 Å². The molecule has 0 aromatic rings. The molecule has 0 aromatic heterocycles. The van der Waals surface area contributed by atoms with Crippen molar-refractivity contribution < 1.29 is 8.42 Å². The molecule has 1 rings (SSSR count). The van der Waals surface area contributed by atoms with Gasteiger partial charge in [0.2, 0.25) is 10.0 Å². The van der Waals surface area contributed by atoms with Gasteiger partial charge in [-0.2, -0.15) is 0 Å². The second-order valence-electron chi connectivity index (χ2n) is 4.43. The van der Waals surface area contributed by atoms with Crippen molar-refractivity contribution >= 4 is 10.0 Å². The maximum absolute atomic E-state index is 11.3. The molecule has 0 spiro atoms. The van der Waals surface area contributed by atoms with Crippen molar-refractivity contribution in [1.82, 2.24) is 10.0 Å². The summed E-state index contributed by atoms with van der Waals surface area (Å²) in [5, 5.41) is 3.22. The summed E-state index contributed by atoms with van der Waals surface area (Å²) in [5.74, 6) is 1.88. The van der Waals surface area contributed by atoms with Crippen molar-refractivity contribution in [3.05, 3.63) is 0 Å². The van der Waals surface area contributed by atoms with Gasteiger partial charge in [-0.15, -0.1) is 0 Å². The summed E-state index contributed by atoms with van der Waals surface area (Å²) in [4.78, 5) is 0. The Balaban J connectivity index is 2.37. The first-order chi connectivity index (χ1) is 6.93. The van der Waals surface area contributed by atoms with Crippen molar-refractivity contribution in [3.8, 4) is 0 Å². The van der Waals surface area contributed by atoms with Crippen LogP contribution in [0.3, 0.4) is 0 Å². The van der Waals surface area contributed by atoms with Gasteiger partial charge in [-0.3, -0.25) is 0 Å². The molecular formula is C10H22N2O2S. The molecule has 1 fully saturated rings. The highest BCUT2D eigenvalue weighted by Gasteiger charge is 2.48. The van der Waals surface area contributed by atoms with E-state index < -0.39 is 10.0 Å². The van der Waals surface area contributed by atoms with Gasteiger partial charge in [-0.1, -0.05) is 6.92 Å². The summed E-state index contributed by atoms with van der Waals surface area (Å²) in [5.41, 5.74) is 0. The summed E-state index contributed by atoms with van der Waals surface area (Å²) in [6.07, 6.45) is 0. The first kappa shape index (κ1) is 12.9. The highest BCUT2D eigenvalue weighted by Crippen LogP contribution is 2.47. The Morgan fingerprint density at radius 3 is 2.47 bits per heavy atom. The molecule has 0 aromatic carbocycles. The summed E-state index contributed by atoms with van der Waals surface area (Å²) in [6, 6.07) is 0.469. The van der Waals surface area contributed by atoms with E-state index in [0.717, 1.165) is 0 Å². The average molecular weight is 234 g/mol. The van der Waals surface area contributed by atoms with Gasteiger partial charge < -0.3 is 5.32 Å². The third kappa shape index (κ3) is 3.16. The Kier molecular flexibility index (Phi) is 4.14. The highest BCUT2D eigenvalue weighted by molar-refractivity contribution is 7.89. The Morgan fingerprint density at radius 1 is 1.40 bits per heavy atom. The highest BCUT2D eigenvalue weighted by atomic mass is 32.2. The van der Waals surface area contributed by atoms with E-state index in [1.54, 1.807) is 6.92 Å². The molecule has 0 radical (unpaired) electrons. The van der Waals surface area contributed by atoms with Crippen LogP contribution in [0.25, 0.3) is 0 Å². The van der Waals surface area contributed by atoms with Crippen molar-refractivity contribution in [2.45, 2.75) is 26.8 Å². The quantitative estimate of drug-likeness (QED) is 0.700. The van der Waals surface area contributed by atoms with Gasteiger partial charge in [0, 0.05) is 12.6 Å². The molecule has 1 aliphatic carbocycles. The Hall–Kier alpha value is -0.130. The van der Waals surface area contributed by atoms with Crippen molar-refractivity contribution in [2.24, 2.45) is 17.8 Å². The zero-order chi connectivity index (χ0) is 11.6. The van der Waals surface area contributed by atoms with Gasteiger partial charge in [0.1, 0.15) is 0 Å². The Labute approximate surface area is 92.9 Å². The molecule has 2 N–H and O–H groups in total. The van der Waals surface area contributed by atoms with E-state index in [-0.39, 0.29) is 5.75 Å². The summed E-state index contributed by atoms with van der Waals surface area (Å²) >= 11 is 0. The fourth-order valence-electron chi connectivity index (χ4n) is 2.25. The van der Waals surface area contributed by atoms with Crippen LogP contribution in [0.1, 0.15) is 20.8 Å². The largest absolute Gasteiger partial charge is 0.317 e. The minimum absolute atomic E-state index is 0.167. The molecule has 0 amide bonds. The molecule has 0 aliphatic heterocycles. The standard InChI is InChI=1S/C10H22N2O2S/c1-5-15(13,14)12-6-9-7(2)10(9)8(3)11-4/h7-12H,5-6H2,1-4H3/t7?,8?,9?,10-/m1/s1. The number of nitrogens with one attached hydrogen (secondary N) is 2. The molecular weight excluding hydrogens is 212 g/mol. The van der Waals surface area contributed by atoms with Crippen LogP contribution in [-0.4, -0.2) is 33.8 Å². The van der Waals surface area contributed by atoms with Crippen LogP contribution in [0.5, 0.6) is 0 Å². The van der Waals surface area contributed by atoms with Gasteiger partial charge in [0.25, 0.3) is 0 Å². The van der Waals surface area contributed by atoms with Crippen LogP contribution in [0, 0.1) is 17.8 Å². The average Bonchev–Trinajstić information content (AvgIpc) is 2.85. The van der Waals surface area contributed by atoms with E-state index in [0.29, 0.717) is 30.3 Å². The normalized spacial score (nSPS) is 32.7. The second kappa shape index (κ2) is 4.80. The molecule has 5 heteroatoms. The van der Waals surface area contributed by atoms with Crippen LogP contribution < -0.4 is 10.0 Å². The smallest absolute Gasteiger partial charge is 0.211 e. The maximum Gasteiger partial charge on any atom is 0.211 e. The predicted octanol–water partition coefficient (Wildman–Crippen LogP) is 0.416. The van der Waals surface area contributed by atoms with Crippen LogP contribution in [0.2, 0.25) is 0 Å². The van der Waals surface area contributed by atoms with Crippen LogP contribution in [-0.2, 0) is 10.0 Å². The first-order valence-corrected chi connectivity index (χ1v) is 7.22. The van der Waals surface area contributed by atoms with Gasteiger partial charge in [0.15, 0.2) is 0 Å². The Bertz CT molecular complexity index is 303. The zero-order valence-corrected chi connectivity index (χ0v) is 10.8. The molecule has 4 atom stereocenters. The number of hydrogen-bond acceptors (Lipinski definition) is 3. The second-order valence-corrected chi connectivity index (χ2v) is 6.53. The van der Waals surface area contributed by atoms with E-state index in [2.05, 4.69) is 23.9 Å². The fraction of sp³-hybridized carbons (Fsp3) is 1.00. The van der Waals surface area contributed by atoms with E-state index in [1.807, 2.05) is 7.05 Å². The van der Waals surface area contributed by atoms with E-state index in [4.69, 9.17) is 0 Å². The lowest BCUT2D eigenvalue weighted by Gasteiger charge is -2.09. The molecule has 4 nitrogen and oxygen atoms in total. The minimum Gasteiger partial charge on any atom is -0.317 e. The van der Waals surface area contributed by atoms with E-state index in [9.17, 15) is 8.42 Å². The van der Waals surface area contributed by atoms with Gasteiger partial charge in [0.05, 0.1) is 5.75 Å². The molecule has 1 aliphatic rings. The van der Waals surface area contributed by atoms with E-state index in [1.165, 1.54) is 0 Å². The third-order valence-corrected chi connectivity index (χ3v) is 4.95.